The highest BCUT2D eigenvalue weighted by Crippen LogP contribution is 2.13. The topological polar surface area (TPSA) is 47.5 Å². The van der Waals surface area contributed by atoms with Gasteiger partial charge in [-0.05, 0) is 24.3 Å². The van der Waals surface area contributed by atoms with E-state index in [1.807, 2.05) is 40.9 Å². The second-order valence-corrected chi connectivity index (χ2v) is 3.30. The van der Waals surface area contributed by atoms with Crippen molar-refractivity contribution in [2.24, 2.45) is 0 Å². The van der Waals surface area contributed by atoms with Crippen LogP contribution in [0.3, 0.4) is 0 Å². The van der Waals surface area contributed by atoms with Crippen molar-refractivity contribution < 1.29 is 4.92 Å². The molecule has 0 spiro atoms. The molecule has 0 aliphatic heterocycles. The van der Waals surface area contributed by atoms with Crippen LogP contribution in [0.25, 0.3) is 11.6 Å². The zero-order chi connectivity index (χ0) is 10.8. The van der Waals surface area contributed by atoms with E-state index in [0.717, 1.165) is 11.2 Å². The van der Waals surface area contributed by atoms with Gasteiger partial charge in [0.25, 0.3) is 0 Å². The average Bonchev–Trinajstić information content (AvgIpc) is 2.62. The Morgan fingerprint density at radius 1 is 1.40 bits per heavy atom. The molecule has 0 amide bonds. The summed E-state index contributed by atoms with van der Waals surface area (Å²) in [6, 6.07) is 9.58. The molecule has 4 nitrogen and oxygen atoms in total. The van der Waals surface area contributed by atoms with Gasteiger partial charge in [-0.15, -0.1) is 0 Å². The Morgan fingerprint density at radius 2 is 2.20 bits per heavy atom. The summed E-state index contributed by atoms with van der Waals surface area (Å²) >= 11 is 0. The third-order valence-corrected chi connectivity index (χ3v) is 2.24. The van der Waals surface area contributed by atoms with Crippen LogP contribution in [0.15, 0.2) is 42.2 Å². The van der Waals surface area contributed by atoms with Crippen LogP contribution in [-0.2, 0) is 0 Å². The minimum Gasteiger partial charge on any atom is -0.317 e. The van der Waals surface area contributed by atoms with Crippen LogP contribution < -0.4 is 0 Å². The van der Waals surface area contributed by atoms with Crippen LogP contribution in [0.4, 0.5) is 0 Å². The molecular formula is C11H10N2O2. The molecule has 0 N–H and O–H groups in total. The molecule has 2 aromatic rings. The Hall–Kier alpha value is -2.10. The summed E-state index contributed by atoms with van der Waals surface area (Å²) in [6.45, 7) is 1.49. The number of hydrogen-bond donors (Lipinski definition) is 0. The molecule has 76 valence electrons. The number of nitrogens with zero attached hydrogens (tertiary/aromatic N) is 2. The lowest BCUT2D eigenvalue weighted by Gasteiger charge is -1.96. The monoisotopic (exact) mass is 202 g/mol. The van der Waals surface area contributed by atoms with Gasteiger partial charge >= 0.3 is 0 Å². The Bertz CT molecular complexity index is 540. The summed E-state index contributed by atoms with van der Waals surface area (Å²) in [5.74, 6) is 0. The molecule has 0 fully saturated rings. The molecule has 2 heterocycles. The number of aromatic nitrogens is 1. The van der Waals surface area contributed by atoms with E-state index < -0.39 is 0 Å². The predicted molar refractivity (Wildman–Crippen MR) is 58.0 cm³/mol. The van der Waals surface area contributed by atoms with Crippen LogP contribution in [0.5, 0.6) is 0 Å². The Labute approximate surface area is 86.6 Å². The lowest BCUT2D eigenvalue weighted by atomic mass is 10.3. The van der Waals surface area contributed by atoms with Crippen LogP contribution in [0.2, 0.25) is 0 Å². The molecule has 0 unspecified atom stereocenters. The molecule has 4 heteroatoms. The van der Waals surface area contributed by atoms with Crippen molar-refractivity contribution in [2.45, 2.75) is 6.92 Å². The normalized spacial score (nSPS) is 11.9. The van der Waals surface area contributed by atoms with E-state index in [4.69, 9.17) is 0 Å². The van der Waals surface area contributed by atoms with Crippen molar-refractivity contribution in [3.63, 3.8) is 0 Å². The van der Waals surface area contributed by atoms with E-state index in [9.17, 15) is 10.1 Å². The zero-order valence-corrected chi connectivity index (χ0v) is 8.25. The van der Waals surface area contributed by atoms with Crippen molar-refractivity contribution in [1.82, 2.24) is 4.40 Å². The SMILES string of the molecule is C/C(=C\c1ccc2ccccn12)[N+](=O)[O-]. The van der Waals surface area contributed by atoms with Crippen LogP contribution in [0.1, 0.15) is 12.6 Å². The largest absolute Gasteiger partial charge is 0.317 e. The third-order valence-electron chi connectivity index (χ3n) is 2.24. The van der Waals surface area contributed by atoms with Crippen molar-refractivity contribution in [1.29, 1.82) is 0 Å². The predicted octanol–water partition coefficient (Wildman–Crippen LogP) is 2.58. The molecule has 0 aromatic carbocycles. The minimum atomic E-state index is -0.387. The highest BCUT2D eigenvalue weighted by atomic mass is 16.6. The highest BCUT2D eigenvalue weighted by Gasteiger charge is 2.04. The first-order chi connectivity index (χ1) is 7.18. The van der Waals surface area contributed by atoms with Crippen LogP contribution in [0, 0.1) is 10.1 Å². The lowest BCUT2D eigenvalue weighted by Crippen LogP contribution is -1.94. The first kappa shape index (κ1) is 9.45. The average molecular weight is 202 g/mol. The second-order valence-electron chi connectivity index (χ2n) is 3.30. The molecule has 0 saturated heterocycles. The first-order valence-corrected chi connectivity index (χ1v) is 4.57. The van der Waals surface area contributed by atoms with E-state index in [1.165, 1.54) is 6.92 Å². The summed E-state index contributed by atoms with van der Waals surface area (Å²) in [5.41, 5.74) is 1.98. The van der Waals surface area contributed by atoms with Gasteiger partial charge in [0, 0.05) is 24.7 Å². The van der Waals surface area contributed by atoms with Crippen molar-refractivity contribution in [3.8, 4) is 0 Å². The maximum Gasteiger partial charge on any atom is 0.245 e. The maximum atomic E-state index is 10.5. The summed E-state index contributed by atoms with van der Waals surface area (Å²) in [4.78, 5) is 10.1. The molecule has 2 rings (SSSR count). The molecule has 15 heavy (non-hydrogen) atoms. The van der Waals surface area contributed by atoms with Gasteiger partial charge in [-0.1, -0.05) is 6.07 Å². The van der Waals surface area contributed by atoms with Crippen molar-refractivity contribution in [2.75, 3.05) is 0 Å². The Balaban J connectivity index is 2.54. The molecule has 2 aromatic heterocycles. The smallest absolute Gasteiger partial charge is 0.245 e. The number of pyridine rings is 1. The fraction of sp³-hybridized carbons (Fsp3) is 0.0909. The van der Waals surface area contributed by atoms with Gasteiger partial charge in [-0.25, -0.2) is 0 Å². The van der Waals surface area contributed by atoms with Gasteiger partial charge in [0.1, 0.15) is 0 Å². The molecule has 0 saturated carbocycles. The third kappa shape index (κ3) is 1.74. The number of rotatable bonds is 2. The van der Waals surface area contributed by atoms with Crippen LogP contribution >= 0.6 is 0 Å². The number of fused-ring (bicyclic) bond motifs is 1. The molecule has 0 radical (unpaired) electrons. The van der Waals surface area contributed by atoms with E-state index in [-0.39, 0.29) is 10.6 Å². The van der Waals surface area contributed by atoms with Gasteiger partial charge in [0.05, 0.1) is 10.6 Å². The molecule has 0 atom stereocenters. The van der Waals surface area contributed by atoms with Crippen molar-refractivity contribution in [3.05, 3.63) is 58.0 Å². The summed E-state index contributed by atoms with van der Waals surface area (Å²) in [5, 5.41) is 10.5. The quantitative estimate of drug-likeness (QED) is 0.555. The molecular weight excluding hydrogens is 192 g/mol. The fourth-order valence-corrected chi connectivity index (χ4v) is 1.46. The van der Waals surface area contributed by atoms with E-state index in [0.29, 0.717) is 0 Å². The highest BCUT2D eigenvalue weighted by molar-refractivity contribution is 5.58. The molecule has 0 bridgehead atoms. The minimum absolute atomic E-state index is 0.138. The first-order valence-electron chi connectivity index (χ1n) is 4.57. The van der Waals surface area contributed by atoms with Gasteiger partial charge in [0.15, 0.2) is 0 Å². The van der Waals surface area contributed by atoms with Gasteiger partial charge < -0.3 is 4.40 Å². The molecule has 0 aliphatic rings. The fourth-order valence-electron chi connectivity index (χ4n) is 1.46. The number of nitro groups is 1. The number of hydrogen-bond acceptors (Lipinski definition) is 2. The van der Waals surface area contributed by atoms with Crippen LogP contribution in [-0.4, -0.2) is 9.32 Å². The summed E-state index contributed by atoms with van der Waals surface area (Å²) in [7, 11) is 0. The standard InChI is InChI=1S/C11H10N2O2/c1-9(13(14)15)8-11-6-5-10-4-2-3-7-12(10)11/h2-8H,1H3/b9-8+. The number of allylic oxidation sites excluding steroid dienone is 1. The van der Waals surface area contributed by atoms with E-state index >= 15 is 0 Å². The summed E-state index contributed by atoms with van der Waals surface area (Å²) < 4.78 is 1.91. The van der Waals surface area contributed by atoms with E-state index in [1.54, 1.807) is 6.08 Å². The Kier molecular flexibility index (Phi) is 2.25. The lowest BCUT2D eigenvalue weighted by molar-refractivity contribution is -0.422. The maximum absolute atomic E-state index is 10.5. The van der Waals surface area contributed by atoms with Gasteiger partial charge in [-0.2, -0.15) is 0 Å². The van der Waals surface area contributed by atoms with E-state index in [2.05, 4.69) is 0 Å². The molecule has 0 aliphatic carbocycles. The zero-order valence-electron chi connectivity index (χ0n) is 8.25. The van der Waals surface area contributed by atoms with Gasteiger partial charge in [-0.3, -0.25) is 10.1 Å². The summed E-state index contributed by atoms with van der Waals surface area (Å²) in [6.07, 6.45) is 3.45. The van der Waals surface area contributed by atoms with Gasteiger partial charge in [0.2, 0.25) is 5.70 Å². The Morgan fingerprint density at radius 3 is 2.93 bits per heavy atom. The second kappa shape index (κ2) is 3.57. The van der Waals surface area contributed by atoms with Crippen molar-refractivity contribution >= 4 is 11.6 Å².